The number of aromatic nitrogens is 1. The topological polar surface area (TPSA) is 60.5 Å². The molecule has 5 heteroatoms. The van der Waals surface area contributed by atoms with Gasteiger partial charge in [0.15, 0.2) is 0 Å². The van der Waals surface area contributed by atoms with Crippen molar-refractivity contribution in [2.45, 2.75) is 76.9 Å². The molecule has 1 aliphatic heterocycles. The molecule has 2 unspecified atom stereocenters. The van der Waals surface area contributed by atoms with Crippen molar-refractivity contribution >= 4 is 5.91 Å². The third kappa shape index (κ3) is 5.29. The van der Waals surface area contributed by atoms with Gasteiger partial charge in [0.05, 0.1) is 31.6 Å². The van der Waals surface area contributed by atoms with Crippen molar-refractivity contribution in [3.05, 3.63) is 29.6 Å². The summed E-state index contributed by atoms with van der Waals surface area (Å²) < 4.78 is 11.6. The highest BCUT2D eigenvalue weighted by Gasteiger charge is 2.31. The van der Waals surface area contributed by atoms with E-state index < -0.39 is 0 Å². The highest BCUT2D eigenvalue weighted by Crippen LogP contribution is 2.32. The third-order valence-corrected chi connectivity index (χ3v) is 6.00. The Hall–Kier alpha value is -1.46. The van der Waals surface area contributed by atoms with E-state index in [9.17, 15) is 4.79 Å². The van der Waals surface area contributed by atoms with Crippen molar-refractivity contribution in [3.63, 3.8) is 0 Å². The zero-order chi connectivity index (χ0) is 19.1. The van der Waals surface area contributed by atoms with E-state index in [1.54, 1.807) is 0 Å². The molecular formula is C22H36N2O3. The molecule has 0 bridgehead atoms. The van der Waals surface area contributed by atoms with E-state index in [0.29, 0.717) is 25.7 Å². The van der Waals surface area contributed by atoms with E-state index in [-0.39, 0.29) is 25.4 Å². The lowest BCUT2D eigenvalue weighted by atomic mass is 9.86. The van der Waals surface area contributed by atoms with Crippen LogP contribution in [0, 0.1) is 5.92 Å². The summed E-state index contributed by atoms with van der Waals surface area (Å²) >= 11 is 0. The van der Waals surface area contributed by atoms with E-state index >= 15 is 0 Å². The molecule has 27 heavy (non-hydrogen) atoms. The number of pyridine rings is 1. The van der Waals surface area contributed by atoms with Gasteiger partial charge in [0.2, 0.25) is 5.91 Å². The molecule has 2 fully saturated rings. The first-order valence-electron chi connectivity index (χ1n) is 10.7. The van der Waals surface area contributed by atoms with Crippen molar-refractivity contribution < 1.29 is 15.7 Å². The van der Waals surface area contributed by atoms with Crippen LogP contribution >= 0.6 is 0 Å². The monoisotopic (exact) mass is 376 g/mol. The highest BCUT2D eigenvalue weighted by atomic mass is 16.6. The quantitative estimate of drug-likeness (QED) is 0.767. The lowest BCUT2D eigenvalue weighted by molar-refractivity contribution is -0.132. The smallest absolute Gasteiger partial charge is 0.223 e. The Bertz CT molecular complexity index is 597. The molecule has 3 rings (SSSR count). The summed E-state index contributed by atoms with van der Waals surface area (Å²) in [6, 6.07) is 5.97. The molecule has 1 aromatic heterocycles. The first kappa shape index (κ1) is 20.3. The molecule has 1 saturated heterocycles. The van der Waals surface area contributed by atoms with Crippen LogP contribution in [-0.2, 0) is 14.3 Å². The largest absolute Gasteiger partial charge is 0.376 e. The van der Waals surface area contributed by atoms with Crippen LogP contribution in [0.4, 0.5) is 0 Å². The average Bonchev–Trinajstić information content (AvgIpc) is 2.74. The average molecular weight is 377 g/mol. The van der Waals surface area contributed by atoms with Crippen molar-refractivity contribution in [1.82, 2.24) is 10.3 Å². The van der Waals surface area contributed by atoms with Crippen LogP contribution in [0.2, 0.25) is 0 Å². The number of hydrogen-bond donors (Lipinski definition) is 1. The molecule has 1 amide bonds. The van der Waals surface area contributed by atoms with Crippen molar-refractivity contribution in [2.24, 2.45) is 5.92 Å². The summed E-state index contributed by atoms with van der Waals surface area (Å²) in [7, 11) is 0. The zero-order valence-corrected chi connectivity index (χ0v) is 16.8. The van der Waals surface area contributed by atoms with Crippen LogP contribution in [-0.4, -0.2) is 36.8 Å². The molecule has 1 aromatic rings. The molecule has 1 N–H and O–H groups in total. The Morgan fingerprint density at radius 1 is 1.22 bits per heavy atom. The normalized spacial score (nSPS) is 22.6. The molecule has 5 nitrogen and oxygen atoms in total. The SMILES string of the molecule is CCC(CC)C(=O)NC(c1cccc(C2CCCCC2)n1)C1COCCO1.[HH]. The van der Waals surface area contributed by atoms with Crippen molar-refractivity contribution in [3.8, 4) is 0 Å². The fraction of sp³-hybridized carbons (Fsp3) is 0.727. The molecule has 2 atom stereocenters. The van der Waals surface area contributed by atoms with Gasteiger partial charge in [-0.3, -0.25) is 9.78 Å². The Morgan fingerprint density at radius 3 is 2.67 bits per heavy atom. The zero-order valence-electron chi connectivity index (χ0n) is 16.8. The van der Waals surface area contributed by atoms with E-state index in [1.807, 2.05) is 6.07 Å². The number of nitrogens with zero attached hydrogens (tertiary/aromatic N) is 1. The van der Waals surface area contributed by atoms with Gasteiger partial charge < -0.3 is 14.8 Å². The summed E-state index contributed by atoms with van der Waals surface area (Å²) in [5.74, 6) is 0.653. The Balaban J connectivity index is 0.00000280. The van der Waals surface area contributed by atoms with Gasteiger partial charge in [-0.15, -0.1) is 0 Å². The summed E-state index contributed by atoms with van der Waals surface area (Å²) in [6.45, 7) is 5.78. The Kier molecular flexibility index (Phi) is 7.65. The molecule has 1 saturated carbocycles. The van der Waals surface area contributed by atoms with E-state index in [2.05, 4.69) is 31.3 Å². The van der Waals surface area contributed by atoms with Crippen LogP contribution < -0.4 is 5.32 Å². The highest BCUT2D eigenvalue weighted by molar-refractivity contribution is 5.79. The predicted molar refractivity (Wildman–Crippen MR) is 108 cm³/mol. The van der Waals surface area contributed by atoms with Crippen molar-refractivity contribution in [2.75, 3.05) is 19.8 Å². The predicted octanol–water partition coefficient (Wildman–Crippen LogP) is 4.38. The maximum Gasteiger partial charge on any atom is 0.223 e. The maximum absolute atomic E-state index is 12.8. The minimum Gasteiger partial charge on any atom is -0.376 e. The fourth-order valence-corrected chi connectivity index (χ4v) is 4.25. The molecular weight excluding hydrogens is 340 g/mol. The van der Waals surface area contributed by atoms with E-state index in [4.69, 9.17) is 14.5 Å². The summed E-state index contributed by atoms with van der Waals surface area (Å²) in [5.41, 5.74) is 2.05. The molecule has 2 aliphatic rings. The molecule has 0 spiro atoms. The van der Waals surface area contributed by atoms with E-state index in [1.165, 1.54) is 32.1 Å². The van der Waals surface area contributed by atoms with Gasteiger partial charge in [-0.1, -0.05) is 39.2 Å². The maximum atomic E-state index is 12.8. The minimum atomic E-state index is -0.262. The van der Waals surface area contributed by atoms with Gasteiger partial charge in [-0.05, 0) is 37.8 Å². The van der Waals surface area contributed by atoms with Crippen LogP contribution in [0.3, 0.4) is 0 Å². The second-order valence-electron chi connectivity index (χ2n) is 7.81. The summed E-state index contributed by atoms with van der Waals surface area (Å²) in [5, 5.41) is 3.23. The second-order valence-corrected chi connectivity index (χ2v) is 7.81. The van der Waals surface area contributed by atoms with E-state index in [0.717, 1.165) is 24.2 Å². The fourth-order valence-electron chi connectivity index (χ4n) is 4.25. The first-order chi connectivity index (χ1) is 13.2. The number of hydrogen-bond acceptors (Lipinski definition) is 4. The third-order valence-electron chi connectivity index (χ3n) is 6.00. The number of ether oxygens (including phenoxy) is 2. The molecule has 0 aromatic carbocycles. The number of nitrogens with one attached hydrogen (secondary N) is 1. The number of amides is 1. The van der Waals surface area contributed by atoms with Gasteiger partial charge in [-0.2, -0.15) is 0 Å². The molecule has 1 aliphatic carbocycles. The van der Waals surface area contributed by atoms with Gasteiger partial charge in [0, 0.05) is 19.0 Å². The lowest BCUT2D eigenvalue weighted by Gasteiger charge is -2.32. The standard InChI is InChI=1S/C22H34N2O3.H2/c1-3-16(4-2)22(25)24-21(20-15-26-13-14-27-20)19-12-8-11-18(23-19)17-9-6-5-7-10-17;/h8,11-12,16-17,20-21H,3-7,9-10,13-15H2,1-2H3,(H,24,25);1H. The Labute approximate surface area is 164 Å². The van der Waals surface area contributed by atoms with Crippen LogP contribution in [0.1, 0.15) is 83.6 Å². The van der Waals surface area contributed by atoms with Crippen molar-refractivity contribution in [1.29, 1.82) is 0 Å². The molecule has 152 valence electrons. The number of carbonyl (C=O) groups is 1. The number of rotatable bonds is 7. The van der Waals surface area contributed by atoms with Crippen LogP contribution in [0.5, 0.6) is 0 Å². The molecule has 0 radical (unpaired) electrons. The minimum absolute atomic E-state index is 0. The van der Waals surface area contributed by atoms with Gasteiger partial charge in [0.1, 0.15) is 6.10 Å². The first-order valence-corrected chi connectivity index (χ1v) is 10.7. The molecule has 2 heterocycles. The summed E-state index contributed by atoms with van der Waals surface area (Å²) in [4.78, 5) is 17.8. The summed E-state index contributed by atoms with van der Waals surface area (Å²) in [6.07, 6.45) is 7.81. The van der Waals surface area contributed by atoms with Gasteiger partial charge in [0.25, 0.3) is 0 Å². The Morgan fingerprint density at radius 2 is 2.00 bits per heavy atom. The van der Waals surface area contributed by atoms with Gasteiger partial charge >= 0.3 is 0 Å². The van der Waals surface area contributed by atoms with Crippen LogP contribution in [0.15, 0.2) is 18.2 Å². The number of carbonyl (C=O) groups excluding carboxylic acids is 1. The van der Waals surface area contributed by atoms with Crippen LogP contribution in [0.25, 0.3) is 0 Å². The lowest BCUT2D eigenvalue weighted by Crippen LogP contribution is -2.45. The second kappa shape index (κ2) is 10.2. The van der Waals surface area contributed by atoms with Gasteiger partial charge in [-0.25, -0.2) is 0 Å².